The fraction of sp³-hybridized carbons (Fsp3) is 0.250. The van der Waals surface area contributed by atoms with E-state index in [0.717, 1.165) is 27.7 Å². The van der Waals surface area contributed by atoms with Crippen LogP contribution in [0.25, 0.3) is 11.0 Å². The molecule has 2 heterocycles. The summed E-state index contributed by atoms with van der Waals surface area (Å²) in [4.78, 5) is 12.3. The SMILES string of the molecule is Cc1ccc2c(CC(=O)NCc3cc(Cl)c4c(c3)OCCO4)coc2c1. The number of nitrogens with one attached hydrogen (secondary N) is 1. The van der Waals surface area contributed by atoms with E-state index in [4.69, 9.17) is 25.5 Å². The lowest BCUT2D eigenvalue weighted by Crippen LogP contribution is -2.24. The minimum Gasteiger partial charge on any atom is -0.486 e. The molecular weight excluding hydrogens is 354 g/mol. The topological polar surface area (TPSA) is 60.7 Å². The van der Waals surface area contributed by atoms with Crippen LogP contribution in [-0.4, -0.2) is 19.1 Å². The van der Waals surface area contributed by atoms with Crippen LogP contribution in [0, 0.1) is 6.92 Å². The van der Waals surface area contributed by atoms with E-state index in [1.165, 1.54) is 0 Å². The highest BCUT2D eigenvalue weighted by Crippen LogP contribution is 2.38. The Balaban J connectivity index is 1.43. The molecule has 3 aromatic rings. The van der Waals surface area contributed by atoms with E-state index in [2.05, 4.69) is 5.32 Å². The third-order valence-electron chi connectivity index (χ3n) is 4.31. The van der Waals surface area contributed by atoms with Gasteiger partial charge in [-0.05, 0) is 36.2 Å². The maximum atomic E-state index is 12.3. The third-order valence-corrected chi connectivity index (χ3v) is 4.59. The lowest BCUT2D eigenvalue weighted by atomic mass is 10.1. The number of halogens is 1. The molecule has 5 nitrogen and oxygen atoms in total. The van der Waals surface area contributed by atoms with Gasteiger partial charge in [0.1, 0.15) is 18.8 Å². The molecule has 0 bridgehead atoms. The van der Waals surface area contributed by atoms with Gasteiger partial charge >= 0.3 is 0 Å². The Kier molecular flexibility index (Phi) is 4.47. The summed E-state index contributed by atoms with van der Waals surface area (Å²) in [5, 5.41) is 4.37. The first-order valence-corrected chi connectivity index (χ1v) is 8.79. The van der Waals surface area contributed by atoms with Crippen molar-refractivity contribution in [1.82, 2.24) is 5.32 Å². The highest BCUT2D eigenvalue weighted by Gasteiger charge is 2.17. The second kappa shape index (κ2) is 6.92. The second-order valence-corrected chi connectivity index (χ2v) is 6.72. The van der Waals surface area contributed by atoms with E-state index in [1.807, 2.05) is 31.2 Å². The van der Waals surface area contributed by atoms with Crippen LogP contribution in [0.5, 0.6) is 11.5 Å². The molecule has 0 aliphatic carbocycles. The van der Waals surface area contributed by atoms with Crippen LogP contribution in [0.1, 0.15) is 16.7 Å². The van der Waals surface area contributed by atoms with Crippen molar-refractivity contribution >= 4 is 28.5 Å². The standard InChI is InChI=1S/C20H18ClNO4/c1-12-2-3-15-14(11-26-17(15)6-12)9-19(23)22-10-13-7-16(21)20-18(8-13)24-4-5-25-20/h2-3,6-8,11H,4-5,9-10H2,1H3,(H,22,23). The highest BCUT2D eigenvalue weighted by molar-refractivity contribution is 6.32. The average molecular weight is 372 g/mol. The lowest BCUT2D eigenvalue weighted by molar-refractivity contribution is -0.120. The van der Waals surface area contributed by atoms with Crippen LogP contribution < -0.4 is 14.8 Å². The smallest absolute Gasteiger partial charge is 0.224 e. The fourth-order valence-corrected chi connectivity index (χ4v) is 3.32. The fourth-order valence-electron chi connectivity index (χ4n) is 3.03. The molecule has 26 heavy (non-hydrogen) atoms. The quantitative estimate of drug-likeness (QED) is 0.752. The summed E-state index contributed by atoms with van der Waals surface area (Å²) >= 11 is 6.23. The first-order valence-electron chi connectivity index (χ1n) is 8.41. The van der Waals surface area contributed by atoms with Crippen LogP contribution in [0.15, 0.2) is 41.0 Å². The molecule has 1 aromatic heterocycles. The first-order chi connectivity index (χ1) is 12.6. The number of aryl methyl sites for hydroxylation is 1. The average Bonchev–Trinajstić information content (AvgIpc) is 3.02. The van der Waals surface area contributed by atoms with E-state index >= 15 is 0 Å². The van der Waals surface area contributed by atoms with Crippen molar-refractivity contribution < 1.29 is 18.7 Å². The summed E-state index contributed by atoms with van der Waals surface area (Å²) in [5.41, 5.74) is 3.66. The molecule has 0 saturated heterocycles. The van der Waals surface area contributed by atoms with Gasteiger partial charge in [-0.3, -0.25) is 4.79 Å². The summed E-state index contributed by atoms with van der Waals surface area (Å²) < 4.78 is 16.6. The van der Waals surface area contributed by atoms with E-state index in [-0.39, 0.29) is 12.3 Å². The number of benzene rings is 2. The predicted octanol–water partition coefficient (Wildman–Crippen LogP) is 4.02. The van der Waals surface area contributed by atoms with Crippen molar-refractivity contribution in [1.29, 1.82) is 0 Å². The van der Waals surface area contributed by atoms with Crippen molar-refractivity contribution in [2.24, 2.45) is 0 Å². The molecule has 0 saturated carbocycles. The number of hydrogen-bond acceptors (Lipinski definition) is 4. The predicted molar refractivity (Wildman–Crippen MR) is 98.9 cm³/mol. The maximum absolute atomic E-state index is 12.3. The van der Waals surface area contributed by atoms with Crippen LogP contribution in [0.3, 0.4) is 0 Å². The Morgan fingerprint density at radius 1 is 1.19 bits per heavy atom. The van der Waals surface area contributed by atoms with E-state index < -0.39 is 0 Å². The van der Waals surface area contributed by atoms with E-state index in [1.54, 1.807) is 12.3 Å². The van der Waals surface area contributed by atoms with Crippen LogP contribution >= 0.6 is 11.6 Å². The zero-order valence-corrected chi connectivity index (χ0v) is 15.1. The molecular formula is C20H18ClNO4. The van der Waals surface area contributed by atoms with E-state index in [0.29, 0.717) is 36.3 Å². The van der Waals surface area contributed by atoms with Gasteiger partial charge in [-0.15, -0.1) is 0 Å². The monoisotopic (exact) mass is 371 g/mol. The molecule has 0 fully saturated rings. The summed E-state index contributed by atoms with van der Waals surface area (Å²) in [6.45, 7) is 3.35. The summed E-state index contributed by atoms with van der Waals surface area (Å²) in [6.07, 6.45) is 1.90. The van der Waals surface area contributed by atoms with Gasteiger partial charge in [0.05, 0.1) is 17.7 Å². The number of ether oxygens (including phenoxy) is 2. The van der Waals surface area contributed by atoms with Crippen LogP contribution in [0.4, 0.5) is 0 Å². The van der Waals surface area contributed by atoms with Crippen molar-refractivity contribution in [2.45, 2.75) is 19.9 Å². The van der Waals surface area contributed by atoms with Crippen molar-refractivity contribution in [2.75, 3.05) is 13.2 Å². The van der Waals surface area contributed by atoms with Gasteiger partial charge in [0.2, 0.25) is 5.91 Å². The minimum absolute atomic E-state index is 0.0840. The number of rotatable bonds is 4. The molecule has 1 aliphatic heterocycles. The zero-order chi connectivity index (χ0) is 18.1. The summed E-state index contributed by atoms with van der Waals surface area (Å²) in [6, 6.07) is 9.59. The summed E-state index contributed by atoms with van der Waals surface area (Å²) in [5.74, 6) is 1.09. The number of carbonyl (C=O) groups is 1. The number of carbonyl (C=O) groups excluding carboxylic acids is 1. The largest absolute Gasteiger partial charge is 0.486 e. The Hall–Kier alpha value is -2.66. The van der Waals surface area contributed by atoms with Crippen LogP contribution in [0.2, 0.25) is 5.02 Å². The molecule has 1 amide bonds. The van der Waals surface area contributed by atoms with Gasteiger partial charge in [-0.2, -0.15) is 0 Å². The van der Waals surface area contributed by atoms with Crippen LogP contribution in [-0.2, 0) is 17.8 Å². The zero-order valence-electron chi connectivity index (χ0n) is 14.3. The molecule has 0 atom stereocenters. The molecule has 1 aliphatic rings. The normalized spacial score (nSPS) is 13.0. The van der Waals surface area contributed by atoms with Gasteiger partial charge in [0.25, 0.3) is 0 Å². The third kappa shape index (κ3) is 3.35. The molecule has 0 radical (unpaired) electrons. The van der Waals surface area contributed by atoms with Crippen molar-refractivity contribution in [3.8, 4) is 11.5 Å². The number of hydrogen-bond donors (Lipinski definition) is 1. The molecule has 2 aromatic carbocycles. The molecule has 0 spiro atoms. The van der Waals surface area contributed by atoms with Gasteiger partial charge in [-0.1, -0.05) is 23.7 Å². The Bertz CT molecular complexity index is 979. The van der Waals surface area contributed by atoms with Gasteiger partial charge in [0, 0.05) is 17.5 Å². The Morgan fingerprint density at radius 3 is 2.92 bits per heavy atom. The first kappa shape index (κ1) is 16.8. The maximum Gasteiger partial charge on any atom is 0.224 e. The molecule has 134 valence electrons. The van der Waals surface area contributed by atoms with Gasteiger partial charge in [-0.25, -0.2) is 0 Å². The number of furan rings is 1. The highest BCUT2D eigenvalue weighted by atomic mass is 35.5. The molecule has 0 unspecified atom stereocenters. The van der Waals surface area contributed by atoms with Gasteiger partial charge < -0.3 is 19.2 Å². The van der Waals surface area contributed by atoms with Crippen molar-refractivity contribution in [3.05, 3.63) is 58.3 Å². The lowest BCUT2D eigenvalue weighted by Gasteiger charge is -2.20. The second-order valence-electron chi connectivity index (χ2n) is 6.32. The van der Waals surface area contributed by atoms with E-state index in [9.17, 15) is 4.79 Å². The Labute approximate surface area is 155 Å². The summed E-state index contributed by atoms with van der Waals surface area (Å²) in [7, 11) is 0. The molecule has 6 heteroatoms. The number of amides is 1. The minimum atomic E-state index is -0.0840. The molecule has 4 rings (SSSR count). The molecule has 1 N–H and O–H groups in total. The van der Waals surface area contributed by atoms with Gasteiger partial charge in [0.15, 0.2) is 11.5 Å². The van der Waals surface area contributed by atoms with Crippen molar-refractivity contribution in [3.63, 3.8) is 0 Å². The Morgan fingerprint density at radius 2 is 2.04 bits per heavy atom. The number of fused-ring (bicyclic) bond motifs is 2.